The molecular weight excluding hydrogens is 587 g/mol. The molecule has 3 heterocycles. The third-order valence-electron chi connectivity index (χ3n) is 7.51. The summed E-state index contributed by atoms with van der Waals surface area (Å²) in [7, 11) is 0. The van der Waals surface area contributed by atoms with Gasteiger partial charge in [-0.05, 0) is 47.9 Å². The van der Waals surface area contributed by atoms with Crippen molar-refractivity contribution in [2.75, 3.05) is 36.4 Å². The maximum Gasteiger partial charge on any atom is 0.269 e. The Kier molecular flexibility index (Phi) is 8.33. The maximum atomic E-state index is 13.5. The average molecular weight is 615 g/mol. The Bertz CT molecular complexity index is 1810. The minimum atomic E-state index is -0.488. The van der Waals surface area contributed by atoms with E-state index in [1.807, 2.05) is 33.7 Å². The molecule has 1 N–H and O–H groups in total. The normalized spacial score (nSPS) is 13.6. The van der Waals surface area contributed by atoms with Gasteiger partial charge in [-0.15, -0.1) is 0 Å². The number of nitrogens with zero attached hydrogens (tertiary/aromatic N) is 7. The molecule has 6 rings (SSSR count). The van der Waals surface area contributed by atoms with Crippen LogP contribution in [0.4, 0.5) is 21.8 Å². The van der Waals surface area contributed by atoms with Gasteiger partial charge in [-0.25, -0.2) is 9.37 Å². The minimum absolute atomic E-state index is 0.0613. The van der Waals surface area contributed by atoms with Crippen molar-refractivity contribution in [1.82, 2.24) is 24.4 Å². The van der Waals surface area contributed by atoms with Crippen molar-refractivity contribution in [2.24, 2.45) is 0 Å². The van der Waals surface area contributed by atoms with E-state index in [0.29, 0.717) is 79.2 Å². The Morgan fingerprint density at radius 3 is 2.50 bits per heavy atom. The lowest BCUT2D eigenvalue weighted by atomic mass is 10.2. The number of amides is 1. The van der Waals surface area contributed by atoms with E-state index < -0.39 is 4.92 Å². The molecular formula is C31H28ClFN8O3. The lowest BCUT2D eigenvalue weighted by molar-refractivity contribution is -0.384. The highest BCUT2D eigenvalue weighted by Crippen LogP contribution is 2.26. The predicted octanol–water partition coefficient (Wildman–Crippen LogP) is 5.54. The Morgan fingerprint density at radius 1 is 0.977 bits per heavy atom. The first-order valence-corrected chi connectivity index (χ1v) is 14.5. The summed E-state index contributed by atoms with van der Waals surface area (Å²) in [5, 5.41) is 15.0. The number of carbonyl (C=O) groups is 1. The standard InChI is InChI=1S/C31H28ClFN8O3/c32-26-5-2-1-4-23(26)19-40-20-35-27-28(34-18-21-6-10-24(33)11-7-21)36-31(37-29(27)40)39-15-3-14-38(16-17-39)30(42)22-8-12-25(13-9-22)41(43)44/h1-2,4-13,20H,3,14-19H2,(H,34,36,37). The van der Waals surface area contributed by atoms with Crippen molar-refractivity contribution in [2.45, 2.75) is 19.5 Å². The predicted molar refractivity (Wildman–Crippen MR) is 165 cm³/mol. The number of non-ortho nitro benzene ring substituents is 1. The molecule has 0 aliphatic carbocycles. The van der Waals surface area contributed by atoms with Crippen LogP contribution in [0.25, 0.3) is 11.2 Å². The van der Waals surface area contributed by atoms with Crippen molar-refractivity contribution < 1.29 is 14.1 Å². The van der Waals surface area contributed by atoms with E-state index in [9.17, 15) is 19.3 Å². The van der Waals surface area contributed by atoms with Gasteiger partial charge in [0.15, 0.2) is 17.0 Å². The van der Waals surface area contributed by atoms with Crippen molar-refractivity contribution in [3.63, 3.8) is 0 Å². The summed E-state index contributed by atoms with van der Waals surface area (Å²) in [5.74, 6) is 0.540. The second-order valence-electron chi connectivity index (χ2n) is 10.4. The SMILES string of the molecule is O=C(c1ccc([N+](=O)[O-])cc1)N1CCCN(c2nc(NCc3ccc(F)cc3)c3ncn(Cc4ccccc4Cl)c3n2)CC1. The molecule has 1 amide bonds. The van der Waals surface area contributed by atoms with E-state index in [1.54, 1.807) is 23.4 Å². The highest BCUT2D eigenvalue weighted by molar-refractivity contribution is 6.31. The first-order chi connectivity index (χ1) is 21.4. The first-order valence-electron chi connectivity index (χ1n) is 14.1. The smallest absolute Gasteiger partial charge is 0.269 e. The highest BCUT2D eigenvalue weighted by Gasteiger charge is 2.24. The molecule has 5 aromatic rings. The van der Waals surface area contributed by atoms with Crippen LogP contribution >= 0.6 is 11.6 Å². The number of anilines is 2. The van der Waals surface area contributed by atoms with Gasteiger partial charge in [0, 0.05) is 55.4 Å². The van der Waals surface area contributed by atoms with Gasteiger partial charge in [-0.1, -0.05) is 41.9 Å². The van der Waals surface area contributed by atoms with Crippen molar-refractivity contribution in [3.05, 3.63) is 117 Å². The van der Waals surface area contributed by atoms with Crippen LogP contribution in [0.5, 0.6) is 0 Å². The molecule has 1 saturated heterocycles. The molecule has 1 fully saturated rings. The number of nitrogens with one attached hydrogen (secondary N) is 1. The molecule has 1 aliphatic heterocycles. The summed E-state index contributed by atoms with van der Waals surface area (Å²) >= 11 is 6.45. The van der Waals surface area contributed by atoms with Gasteiger partial charge in [0.2, 0.25) is 5.95 Å². The molecule has 1 aliphatic rings. The molecule has 0 saturated carbocycles. The van der Waals surface area contributed by atoms with Gasteiger partial charge < -0.3 is 19.7 Å². The van der Waals surface area contributed by atoms with Gasteiger partial charge in [-0.3, -0.25) is 14.9 Å². The van der Waals surface area contributed by atoms with E-state index in [4.69, 9.17) is 21.6 Å². The van der Waals surface area contributed by atoms with Crippen LogP contribution in [-0.4, -0.2) is 61.4 Å². The second kappa shape index (κ2) is 12.6. The number of aromatic nitrogens is 4. The molecule has 0 unspecified atom stereocenters. The number of halogens is 2. The fourth-order valence-corrected chi connectivity index (χ4v) is 5.34. The molecule has 0 radical (unpaired) electrons. The number of hydrogen-bond donors (Lipinski definition) is 1. The van der Waals surface area contributed by atoms with Crippen molar-refractivity contribution >= 4 is 46.1 Å². The van der Waals surface area contributed by atoms with E-state index >= 15 is 0 Å². The van der Waals surface area contributed by atoms with Crippen LogP contribution in [0.3, 0.4) is 0 Å². The molecule has 0 spiro atoms. The number of carbonyl (C=O) groups excluding carboxylic acids is 1. The number of rotatable bonds is 8. The summed E-state index contributed by atoms with van der Waals surface area (Å²) in [6.45, 7) is 2.91. The van der Waals surface area contributed by atoms with Gasteiger partial charge >= 0.3 is 0 Å². The van der Waals surface area contributed by atoms with Crippen molar-refractivity contribution in [1.29, 1.82) is 0 Å². The zero-order valence-electron chi connectivity index (χ0n) is 23.6. The van der Waals surface area contributed by atoms with E-state index in [1.165, 1.54) is 36.4 Å². The highest BCUT2D eigenvalue weighted by atomic mass is 35.5. The maximum absolute atomic E-state index is 13.5. The minimum Gasteiger partial charge on any atom is -0.364 e. The zero-order valence-corrected chi connectivity index (χ0v) is 24.3. The fraction of sp³-hybridized carbons (Fsp3) is 0.226. The summed E-state index contributed by atoms with van der Waals surface area (Å²) < 4.78 is 15.4. The summed E-state index contributed by atoms with van der Waals surface area (Å²) in [6, 6.07) is 19.5. The molecule has 0 atom stereocenters. The third kappa shape index (κ3) is 6.30. The Morgan fingerprint density at radius 2 is 1.75 bits per heavy atom. The molecule has 224 valence electrons. The van der Waals surface area contributed by atoms with E-state index in [0.717, 1.165) is 11.1 Å². The molecule has 44 heavy (non-hydrogen) atoms. The summed E-state index contributed by atoms with van der Waals surface area (Å²) in [6.07, 6.45) is 2.39. The van der Waals surface area contributed by atoms with Crippen LogP contribution in [0, 0.1) is 15.9 Å². The monoisotopic (exact) mass is 614 g/mol. The Balaban J connectivity index is 1.27. The molecule has 3 aromatic carbocycles. The number of nitro groups is 1. The molecule has 0 bridgehead atoms. The van der Waals surface area contributed by atoms with Crippen LogP contribution < -0.4 is 10.2 Å². The lowest BCUT2D eigenvalue weighted by Crippen LogP contribution is -2.35. The van der Waals surface area contributed by atoms with Crippen LogP contribution in [0.2, 0.25) is 5.02 Å². The number of benzene rings is 3. The topological polar surface area (TPSA) is 122 Å². The molecule has 2 aromatic heterocycles. The fourth-order valence-electron chi connectivity index (χ4n) is 5.14. The summed E-state index contributed by atoms with van der Waals surface area (Å²) in [5.41, 5.74) is 3.36. The second-order valence-corrected chi connectivity index (χ2v) is 10.8. The van der Waals surface area contributed by atoms with E-state index in [-0.39, 0.29) is 17.4 Å². The quantitative estimate of drug-likeness (QED) is 0.179. The summed E-state index contributed by atoms with van der Waals surface area (Å²) in [4.78, 5) is 41.9. The van der Waals surface area contributed by atoms with Gasteiger partial charge in [0.25, 0.3) is 11.6 Å². The van der Waals surface area contributed by atoms with Crippen molar-refractivity contribution in [3.8, 4) is 0 Å². The number of hydrogen-bond acceptors (Lipinski definition) is 8. The number of imidazole rings is 1. The van der Waals surface area contributed by atoms with Gasteiger partial charge in [0.05, 0.1) is 17.8 Å². The third-order valence-corrected chi connectivity index (χ3v) is 7.88. The number of fused-ring (bicyclic) bond motifs is 1. The van der Waals surface area contributed by atoms with E-state index in [2.05, 4.69) is 10.3 Å². The largest absolute Gasteiger partial charge is 0.364 e. The van der Waals surface area contributed by atoms with Crippen LogP contribution in [0.15, 0.2) is 79.1 Å². The van der Waals surface area contributed by atoms with Gasteiger partial charge in [0.1, 0.15) is 5.82 Å². The first kappa shape index (κ1) is 29.0. The average Bonchev–Trinajstić information content (AvgIpc) is 3.27. The molecule has 11 nitrogen and oxygen atoms in total. The zero-order chi connectivity index (χ0) is 30.6. The molecule has 13 heteroatoms. The lowest BCUT2D eigenvalue weighted by Gasteiger charge is -2.23. The number of nitro benzene ring substituents is 1. The van der Waals surface area contributed by atoms with Crippen LogP contribution in [-0.2, 0) is 13.1 Å². The Labute approximate surface area is 257 Å². The van der Waals surface area contributed by atoms with Gasteiger partial charge in [-0.2, -0.15) is 9.97 Å². The Hall–Kier alpha value is -5.10. The van der Waals surface area contributed by atoms with Crippen LogP contribution in [0.1, 0.15) is 27.9 Å².